The lowest BCUT2D eigenvalue weighted by Gasteiger charge is -2.43. The summed E-state index contributed by atoms with van der Waals surface area (Å²) in [6.45, 7) is 11.3. The van der Waals surface area contributed by atoms with E-state index in [2.05, 4.69) is 5.32 Å². The first-order valence-corrected chi connectivity index (χ1v) is 7.01. The Morgan fingerprint density at radius 2 is 1.89 bits per heavy atom. The van der Waals surface area contributed by atoms with Crippen molar-refractivity contribution in [3.8, 4) is 0 Å². The zero-order valence-corrected chi connectivity index (χ0v) is 12.7. The van der Waals surface area contributed by atoms with Crippen molar-refractivity contribution in [2.75, 3.05) is 19.8 Å². The Morgan fingerprint density at radius 1 is 1.26 bits per heavy atom. The minimum Gasteiger partial charge on any atom is -0.380 e. The van der Waals surface area contributed by atoms with Gasteiger partial charge in [0.25, 0.3) is 0 Å². The summed E-state index contributed by atoms with van der Waals surface area (Å²) in [4.78, 5) is 26.3. The number of amides is 2. The predicted octanol–water partition coefficient (Wildman–Crippen LogP) is 1.17. The fourth-order valence-electron chi connectivity index (χ4n) is 2.33. The number of ether oxygens (including phenoxy) is 1. The van der Waals surface area contributed by atoms with Gasteiger partial charge < -0.3 is 15.0 Å². The van der Waals surface area contributed by atoms with E-state index in [1.165, 1.54) is 0 Å². The summed E-state index contributed by atoms with van der Waals surface area (Å²) < 4.78 is 5.31. The van der Waals surface area contributed by atoms with E-state index in [-0.39, 0.29) is 23.3 Å². The van der Waals surface area contributed by atoms with Crippen molar-refractivity contribution in [1.82, 2.24) is 10.2 Å². The van der Waals surface area contributed by atoms with Crippen molar-refractivity contribution >= 4 is 11.8 Å². The Kier molecular flexibility index (Phi) is 5.35. The summed E-state index contributed by atoms with van der Waals surface area (Å²) in [7, 11) is 0. The van der Waals surface area contributed by atoms with E-state index < -0.39 is 6.04 Å². The van der Waals surface area contributed by atoms with Crippen LogP contribution in [-0.4, -0.2) is 48.6 Å². The van der Waals surface area contributed by atoms with Crippen LogP contribution in [0.2, 0.25) is 0 Å². The van der Waals surface area contributed by atoms with Crippen LogP contribution < -0.4 is 5.32 Å². The van der Waals surface area contributed by atoms with E-state index in [4.69, 9.17) is 4.74 Å². The molecule has 0 bridgehead atoms. The molecule has 0 spiro atoms. The first kappa shape index (κ1) is 16.0. The predicted molar refractivity (Wildman–Crippen MR) is 73.7 cm³/mol. The van der Waals surface area contributed by atoms with Crippen molar-refractivity contribution < 1.29 is 14.3 Å². The maximum Gasteiger partial charge on any atom is 0.246 e. The van der Waals surface area contributed by atoms with Gasteiger partial charge in [-0.1, -0.05) is 27.7 Å². The molecule has 1 saturated heterocycles. The average molecular weight is 270 g/mol. The molecule has 0 saturated carbocycles. The Labute approximate surface area is 115 Å². The highest BCUT2D eigenvalue weighted by Crippen LogP contribution is 2.25. The first-order chi connectivity index (χ1) is 8.82. The van der Waals surface area contributed by atoms with Crippen LogP contribution >= 0.6 is 0 Å². The lowest BCUT2D eigenvalue weighted by molar-refractivity contribution is -0.153. The molecule has 5 nitrogen and oxygen atoms in total. The molecule has 5 heteroatoms. The molecule has 0 aromatic heterocycles. The summed E-state index contributed by atoms with van der Waals surface area (Å²) in [5, 5.41) is 2.86. The van der Waals surface area contributed by atoms with Crippen LogP contribution in [0.25, 0.3) is 0 Å². The largest absolute Gasteiger partial charge is 0.380 e. The number of nitrogens with one attached hydrogen (secondary N) is 1. The Balaban J connectivity index is 2.86. The van der Waals surface area contributed by atoms with E-state index in [0.29, 0.717) is 26.2 Å². The summed E-state index contributed by atoms with van der Waals surface area (Å²) in [5.74, 6) is -0.0582. The van der Waals surface area contributed by atoms with Gasteiger partial charge in [0.2, 0.25) is 11.8 Å². The molecule has 1 N–H and O–H groups in total. The summed E-state index contributed by atoms with van der Waals surface area (Å²) in [6.07, 6.45) is 0.626. The first-order valence-electron chi connectivity index (χ1n) is 7.01. The van der Waals surface area contributed by atoms with Gasteiger partial charge in [0, 0.05) is 13.2 Å². The maximum absolute atomic E-state index is 12.5. The summed E-state index contributed by atoms with van der Waals surface area (Å²) >= 11 is 0. The number of carbonyl (C=O) groups is 2. The van der Waals surface area contributed by atoms with Gasteiger partial charge in [0.05, 0.1) is 6.61 Å². The zero-order valence-electron chi connectivity index (χ0n) is 12.7. The highest BCUT2D eigenvalue weighted by atomic mass is 16.5. The minimum atomic E-state index is -0.454. The van der Waals surface area contributed by atoms with Gasteiger partial charge in [0.15, 0.2) is 0 Å². The minimum absolute atomic E-state index is 0.00125. The van der Waals surface area contributed by atoms with Crippen LogP contribution in [0.15, 0.2) is 0 Å². The van der Waals surface area contributed by atoms with Gasteiger partial charge in [-0.05, 0) is 18.8 Å². The number of piperazine rings is 1. The van der Waals surface area contributed by atoms with Crippen LogP contribution in [0.4, 0.5) is 0 Å². The molecule has 1 aliphatic rings. The molecule has 2 atom stereocenters. The molecule has 1 fully saturated rings. The van der Waals surface area contributed by atoms with Crippen molar-refractivity contribution in [2.45, 2.75) is 53.1 Å². The van der Waals surface area contributed by atoms with Crippen molar-refractivity contribution in [1.29, 1.82) is 0 Å². The van der Waals surface area contributed by atoms with Crippen LogP contribution in [0.5, 0.6) is 0 Å². The van der Waals surface area contributed by atoms with Crippen molar-refractivity contribution in [3.63, 3.8) is 0 Å². The van der Waals surface area contributed by atoms with Gasteiger partial charge in [-0.2, -0.15) is 0 Å². The molecule has 1 aliphatic heterocycles. The Morgan fingerprint density at radius 3 is 2.37 bits per heavy atom. The lowest BCUT2D eigenvalue weighted by atomic mass is 9.83. The SMILES string of the molecule is CCOCCN1C(=O)C(C(C)(C)C)NC(=O)C1CC. The third kappa shape index (κ3) is 3.69. The zero-order chi connectivity index (χ0) is 14.6. The second kappa shape index (κ2) is 6.37. The third-order valence-electron chi connectivity index (χ3n) is 3.43. The standard InChI is InChI=1S/C14H26N2O3/c1-6-10-12(17)15-11(14(3,4)5)13(18)16(10)8-9-19-7-2/h10-11H,6-9H2,1-5H3,(H,15,17). The fraction of sp³-hybridized carbons (Fsp3) is 0.857. The molecule has 0 radical (unpaired) electrons. The fourth-order valence-corrected chi connectivity index (χ4v) is 2.33. The Hall–Kier alpha value is -1.10. The highest BCUT2D eigenvalue weighted by Gasteiger charge is 2.44. The van der Waals surface area contributed by atoms with Crippen LogP contribution in [0.1, 0.15) is 41.0 Å². The van der Waals surface area contributed by atoms with Crippen LogP contribution in [0, 0.1) is 5.41 Å². The van der Waals surface area contributed by atoms with Crippen molar-refractivity contribution in [2.24, 2.45) is 5.41 Å². The lowest BCUT2D eigenvalue weighted by Crippen LogP contribution is -2.66. The van der Waals surface area contributed by atoms with E-state index in [0.717, 1.165) is 0 Å². The van der Waals surface area contributed by atoms with E-state index in [1.54, 1.807) is 4.90 Å². The molecule has 2 amide bonds. The number of hydrogen-bond donors (Lipinski definition) is 1. The van der Waals surface area contributed by atoms with E-state index in [1.807, 2.05) is 34.6 Å². The maximum atomic E-state index is 12.5. The average Bonchev–Trinajstić information content (AvgIpc) is 2.32. The Bertz CT molecular complexity index is 336. The van der Waals surface area contributed by atoms with Gasteiger partial charge >= 0.3 is 0 Å². The number of carbonyl (C=O) groups excluding carboxylic acids is 2. The second-order valence-corrected chi connectivity index (χ2v) is 5.96. The summed E-state index contributed by atoms with van der Waals surface area (Å²) in [6, 6.07) is -0.823. The second-order valence-electron chi connectivity index (χ2n) is 5.96. The van der Waals surface area contributed by atoms with Crippen LogP contribution in [-0.2, 0) is 14.3 Å². The number of hydrogen-bond acceptors (Lipinski definition) is 3. The van der Waals surface area contributed by atoms with E-state index in [9.17, 15) is 9.59 Å². The molecule has 0 aliphatic carbocycles. The van der Waals surface area contributed by atoms with Crippen molar-refractivity contribution in [3.05, 3.63) is 0 Å². The quantitative estimate of drug-likeness (QED) is 0.763. The van der Waals surface area contributed by atoms with Gasteiger partial charge in [-0.15, -0.1) is 0 Å². The van der Waals surface area contributed by atoms with Crippen LogP contribution in [0.3, 0.4) is 0 Å². The molecular weight excluding hydrogens is 244 g/mol. The van der Waals surface area contributed by atoms with Gasteiger partial charge in [0.1, 0.15) is 12.1 Å². The monoisotopic (exact) mass is 270 g/mol. The van der Waals surface area contributed by atoms with Gasteiger partial charge in [-0.25, -0.2) is 0 Å². The number of rotatable bonds is 5. The molecular formula is C14H26N2O3. The van der Waals surface area contributed by atoms with E-state index >= 15 is 0 Å². The molecule has 19 heavy (non-hydrogen) atoms. The molecule has 0 aromatic carbocycles. The molecule has 1 rings (SSSR count). The smallest absolute Gasteiger partial charge is 0.246 e. The molecule has 110 valence electrons. The topological polar surface area (TPSA) is 58.6 Å². The molecule has 0 aromatic rings. The molecule has 1 heterocycles. The normalized spacial score (nSPS) is 24.6. The molecule has 2 unspecified atom stereocenters. The van der Waals surface area contributed by atoms with Gasteiger partial charge in [-0.3, -0.25) is 9.59 Å². The summed E-state index contributed by atoms with van der Waals surface area (Å²) in [5.41, 5.74) is -0.282. The highest BCUT2D eigenvalue weighted by molar-refractivity contribution is 5.97. The third-order valence-corrected chi connectivity index (χ3v) is 3.43. The number of nitrogens with zero attached hydrogens (tertiary/aromatic N) is 1.